The Kier molecular flexibility index (Phi) is 2.47. The molecule has 3 unspecified atom stereocenters. The topological polar surface area (TPSA) is 20.2 Å². The molecule has 0 heterocycles. The van der Waals surface area contributed by atoms with Gasteiger partial charge in [-0.25, -0.2) is 0 Å². The van der Waals surface area contributed by atoms with E-state index in [0.717, 1.165) is 5.92 Å². The fourth-order valence-corrected chi connectivity index (χ4v) is 6.18. The third-order valence-corrected chi connectivity index (χ3v) is 6.73. The van der Waals surface area contributed by atoms with Gasteiger partial charge in [0.25, 0.3) is 0 Å². The number of aliphatic hydroxyl groups is 1. The summed E-state index contributed by atoms with van der Waals surface area (Å²) < 4.78 is 0. The van der Waals surface area contributed by atoms with Gasteiger partial charge in [0.2, 0.25) is 0 Å². The standard InChI is InChI=1S/C16H28O/c1-4-14-6-13-7-15(5-2,9-14)11-16(8-13,10-14)12(3)17/h12-13,17H,4-11H2,1-3H3. The van der Waals surface area contributed by atoms with Crippen LogP contribution in [0.25, 0.3) is 0 Å². The van der Waals surface area contributed by atoms with Crippen molar-refractivity contribution in [2.75, 3.05) is 0 Å². The molecule has 0 aliphatic heterocycles. The van der Waals surface area contributed by atoms with Crippen LogP contribution in [0.1, 0.15) is 72.1 Å². The summed E-state index contributed by atoms with van der Waals surface area (Å²) in [5.41, 5.74) is 1.46. The first-order chi connectivity index (χ1) is 7.97. The summed E-state index contributed by atoms with van der Waals surface area (Å²) in [4.78, 5) is 0. The largest absolute Gasteiger partial charge is 0.393 e. The average molecular weight is 236 g/mol. The molecule has 3 atom stereocenters. The van der Waals surface area contributed by atoms with Crippen LogP contribution in [0.4, 0.5) is 0 Å². The molecule has 17 heavy (non-hydrogen) atoms. The Morgan fingerprint density at radius 1 is 1.00 bits per heavy atom. The van der Waals surface area contributed by atoms with E-state index in [9.17, 15) is 5.11 Å². The average Bonchev–Trinajstić information content (AvgIpc) is 2.27. The minimum Gasteiger partial charge on any atom is -0.393 e. The summed E-state index contributed by atoms with van der Waals surface area (Å²) in [6.07, 6.45) is 10.9. The molecule has 98 valence electrons. The molecule has 0 saturated heterocycles. The van der Waals surface area contributed by atoms with Gasteiger partial charge < -0.3 is 5.11 Å². The van der Waals surface area contributed by atoms with Crippen molar-refractivity contribution in [3.05, 3.63) is 0 Å². The molecule has 4 rings (SSSR count). The van der Waals surface area contributed by atoms with Crippen LogP contribution in [-0.4, -0.2) is 11.2 Å². The Morgan fingerprint density at radius 3 is 1.94 bits per heavy atom. The summed E-state index contributed by atoms with van der Waals surface area (Å²) in [6.45, 7) is 6.82. The minimum atomic E-state index is -0.0947. The molecule has 0 aromatic carbocycles. The van der Waals surface area contributed by atoms with Crippen LogP contribution in [0.15, 0.2) is 0 Å². The SMILES string of the molecule is CCC12CC3CC(CC)(C1)CC(C(C)O)(C3)C2. The van der Waals surface area contributed by atoms with E-state index in [0.29, 0.717) is 10.8 Å². The summed E-state index contributed by atoms with van der Waals surface area (Å²) in [5, 5.41) is 10.3. The van der Waals surface area contributed by atoms with E-state index < -0.39 is 0 Å². The van der Waals surface area contributed by atoms with E-state index in [1.807, 2.05) is 0 Å². The molecule has 4 bridgehead atoms. The van der Waals surface area contributed by atoms with Crippen molar-refractivity contribution in [2.24, 2.45) is 22.2 Å². The minimum absolute atomic E-state index is 0.0947. The van der Waals surface area contributed by atoms with E-state index in [-0.39, 0.29) is 11.5 Å². The highest BCUT2D eigenvalue weighted by Gasteiger charge is 2.63. The second-order valence-corrected chi connectivity index (χ2v) is 7.75. The van der Waals surface area contributed by atoms with Crippen molar-refractivity contribution < 1.29 is 5.11 Å². The van der Waals surface area contributed by atoms with Crippen molar-refractivity contribution in [1.82, 2.24) is 0 Å². The van der Waals surface area contributed by atoms with E-state index in [1.165, 1.54) is 51.4 Å². The fourth-order valence-electron chi connectivity index (χ4n) is 6.18. The number of aliphatic hydroxyl groups excluding tert-OH is 1. The van der Waals surface area contributed by atoms with Gasteiger partial charge in [-0.2, -0.15) is 0 Å². The first kappa shape index (κ1) is 12.0. The van der Waals surface area contributed by atoms with Gasteiger partial charge in [-0.15, -0.1) is 0 Å². The Balaban J connectivity index is 2.01. The fraction of sp³-hybridized carbons (Fsp3) is 1.00. The van der Waals surface area contributed by atoms with E-state index >= 15 is 0 Å². The van der Waals surface area contributed by atoms with Crippen LogP contribution in [-0.2, 0) is 0 Å². The van der Waals surface area contributed by atoms with Gasteiger partial charge in [-0.3, -0.25) is 0 Å². The molecular weight excluding hydrogens is 208 g/mol. The molecule has 1 N–H and O–H groups in total. The van der Waals surface area contributed by atoms with Gasteiger partial charge in [-0.1, -0.05) is 26.7 Å². The quantitative estimate of drug-likeness (QED) is 0.780. The normalized spacial score (nSPS) is 54.0. The lowest BCUT2D eigenvalue weighted by Crippen LogP contribution is -2.59. The molecule has 1 nitrogen and oxygen atoms in total. The highest BCUT2D eigenvalue weighted by atomic mass is 16.3. The van der Waals surface area contributed by atoms with Crippen LogP contribution in [0.2, 0.25) is 0 Å². The van der Waals surface area contributed by atoms with Crippen LogP contribution in [0.5, 0.6) is 0 Å². The molecule has 4 saturated carbocycles. The third kappa shape index (κ3) is 1.54. The number of hydrogen-bond acceptors (Lipinski definition) is 1. The first-order valence-corrected chi connectivity index (χ1v) is 7.65. The van der Waals surface area contributed by atoms with Crippen molar-refractivity contribution >= 4 is 0 Å². The predicted molar refractivity (Wildman–Crippen MR) is 70.8 cm³/mol. The molecule has 1 heteroatoms. The van der Waals surface area contributed by atoms with Gasteiger partial charge >= 0.3 is 0 Å². The summed E-state index contributed by atoms with van der Waals surface area (Å²) in [7, 11) is 0. The van der Waals surface area contributed by atoms with Gasteiger partial charge in [0.15, 0.2) is 0 Å². The summed E-state index contributed by atoms with van der Waals surface area (Å²) >= 11 is 0. The van der Waals surface area contributed by atoms with E-state index in [1.54, 1.807) is 0 Å². The van der Waals surface area contributed by atoms with Crippen LogP contribution in [0, 0.1) is 22.2 Å². The van der Waals surface area contributed by atoms with Gasteiger partial charge in [0.1, 0.15) is 0 Å². The predicted octanol–water partition coefficient (Wildman–Crippen LogP) is 4.14. The number of rotatable bonds is 3. The molecule has 4 fully saturated rings. The monoisotopic (exact) mass is 236 g/mol. The van der Waals surface area contributed by atoms with E-state index in [2.05, 4.69) is 20.8 Å². The highest BCUT2D eigenvalue weighted by molar-refractivity contribution is 5.13. The van der Waals surface area contributed by atoms with Crippen molar-refractivity contribution in [1.29, 1.82) is 0 Å². The molecule has 0 aromatic rings. The third-order valence-electron chi connectivity index (χ3n) is 6.73. The zero-order valence-corrected chi connectivity index (χ0v) is 11.8. The lowest BCUT2D eigenvalue weighted by molar-refractivity contribution is -0.194. The highest BCUT2D eigenvalue weighted by Crippen LogP contribution is 2.72. The van der Waals surface area contributed by atoms with Crippen molar-refractivity contribution in [3.63, 3.8) is 0 Å². The van der Waals surface area contributed by atoms with Crippen LogP contribution in [0.3, 0.4) is 0 Å². The summed E-state index contributed by atoms with van der Waals surface area (Å²) in [5.74, 6) is 0.917. The Morgan fingerprint density at radius 2 is 1.53 bits per heavy atom. The van der Waals surface area contributed by atoms with Crippen LogP contribution < -0.4 is 0 Å². The van der Waals surface area contributed by atoms with Gasteiger partial charge in [0.05, 0.1) is 6.10 Å². The van der Waals surface area contributed by atoms with Gasteiger partial charge in [-0.05, 0) is 67.6 Å². The maximum absolute atomic E-state index is 10.3. The molecule has 0 amide bonds. The molecule has 4 aliphatic rings. The molecule has 0 radical (unpaired) electrons. The summed E-state index contributed by atoms with van der Waals surface area (Å²) in [6, 6.07) is 0. The Bertz CT molecular complexity index is 299. The zero-order valence-electron chi connectivity index (χ0n) is 11.8. The van der Waals surface area contributed by atoms with Gasteiger partial charge in [0, 0.05) is 0 Å². The maximum atomic E-state index is 10.3. The lowest BCUT2D eigenvalue weighted by atomic mass is 9.38. The second kappa shape index (κ2) is 3.50. The van der Waals surface area contributed by atoms with Crippen molar-refractivity contribution in [3.8, 4) is 0 Å². The molecule has 4 aliphatic carbocycles. The van der Waals surface area contributed by atoms with Crippen molar-refractivity contribution in [2.45, 2.75) is 78.2 Å². The first-order valence-electron chi connectivity index (χ1n) is 7.65. The Labute approximate surface area is 106 Å². The maximum Gasteiger partial charge on any atom is 0.0568 e. The molecule has 0 spiro atoms. The number of hydrogen-bond donors (Lipinski definition) is 1. The molecule has 0 aromatic heterocycles. The second-order valence-electron chi connectivity index (χ2n) is 7.75. The zero-order chi connectivity index (χ0) is 12.3. The smallest absolute Gasteiger partial charge is 0.0568 e. The van der Waals surface area contributed by atoms with E-state index in [4.69, 9.17) is 0 Å². The molecular formula is C16H28O. The Hall–Kier alpha value is -0.0400. The van der Waals surface area contributed by atoms with Crippen LogP contribution >= 0.6 is 0 Å². The lowest BCUT2D eigenvalue weighted by Gasteiger charge is -2.68.